The van der Waals surface area contributed by atoms with Crippen molar-refractivity contribution in [3.05, 3.63) is 18.0 Å². The Morgan fingerprint density at radius 3 is 2.65 bits per heavy atom. The lowest BCUT2D eigenvalue weighted by molar-refractivity contribution is -0.154. The first-order valence-corrected chi connectivity index (χ1v) is 6.06. The van der Waals surface area contributed by atoms with E-state index >= 15 is 0 Å². The Bertz CT molecular complexity index is 381. The van der Waals surface area contributed by atoms with Gasteiger partial charge in [0.2, 0.25) is 0 Å². The molecule has 1 aromatic rings. The minimum atomic E-state index is -0.545. The molecule has 4 heteroatoms. The molecular weight excluding hydrogens is 216 g/mol. The molecule has 4 nitrogen and oxygen atoms in total. The van der Waals surface area contributed by atoms with Crippen LogP contribution in [0.5, 0.6) is 0 Å². The van der Waals surface area contributed by atoms with E-state index in [-0.39, 0.29) is 5.97 Å². The Hall–Kier alpha value is -1.32. The molecule has 0 saturated heterocycles. The maximum absolute atomic E-state index is 11.7. The van der Waals surface area contributed by atoms with Crippen LogP contribution in [-0.2, 0) is 16.1 Å². The van der Waals surface area contributed by atoms with Gasteiger partial charge < -0.3 is 4.74 Å². The molecule has 1 rings (SSSR count). The molecule has 1 heterocycles. The Morgan fingerprint density at radius 1 is 1.53 bits per heavy atom. The fourth-order valence-electron chi connectivity index (χ4n) is 1.56. The van der Waals surface area contributed by atoms with Crippen LogP contribution in [-0.4, -0.2) is 22.4 Å². The molecule has 0 aliphatic rings. The monoisotopic (exact) mass is 238 g/mol. The number of nitrogens with zero attached hydrogens (tertiary/aromatic N) is 2. The summed E-state index contributed by atoms with van der Waals surface area (Å²) in [7, 11) is 0. The van der Waals surface area contributed by atoms with E-state index in [1.54, 1.807) is 0 Å². The van der Waals surface area contributed by atoms with Gasteiger partial charge in [0.1, 0.15) is 0 Å². The lowest BCUT2D eigenvalue weighted by Gasteiger charge is -2.21. The van der Waals surface area contributed by atoms with Crippen LogP contribution < -0.4 is 0 Å². The first kappa shape index (κ1) is 13.7. The second kappa shape index (κ2) is 5.34. The van der Waals surface area contributed by atoms with Gasteiger partial charge in [-0.1, -0.05) is 13.8 Å². The smallest absolute Gasteiger partial charge is 0.313 e. The van der Waals surface area contributed by atoms with Crippen LogP contribution in [0.15, 0.2) is 12.4 Å². The van der Waals surface area contributed by atoms with E-state index in [1.165, 1.54) is 5.56 Å². The highest BCUT2D eigenvalue weighted by molar-refractivity contribution is 5.75. The number of hydrogen-bond acceptors (Lipinski definition) is 3. The molecular formula is C13H22N2O2. The zero-order valence-electron chi connectivity index (χ0n) is 11.4. The summed E-state index contributed by atoms with van der Waals surface area (Å²) < 4.78 is 6.86. The molecule has 1 aromatic heterocycles. The van der Waals surface area contributed by atoms with Crippen molar-refractivity contribution < 1.29 is 9.53 Å². The minimum Gasteiger partial charge on any atom is -0.466 e. The predicted molar refractivity (Wildman–Crippen MR) is 66.7 cm³/mol. The maximum Gasteiger partial charge on any atom is 0.313 e. The van der Waals surface area contributed by atoms with Crippen molar-refractivity contribution in [1.29, 1.82) is 0 Å². The van der Waals surface area contributed by atoms with E-state index in [1.807, 2.05) is 37.8 Å². The number of carbonyl (C=O) groups is 1. The van der Waals surface area contributed by atoms with Crippen molar-refractivity contribution in [3.63, 3.8) is 0 Å². The quantitative estimate of drug-likeness (QED) is 0.741. The molecule has 0 bridgehead atoms. The molecule has 0 aliphatic carbocycles. The summed E-state index contributed by atoms with van der Waals surface area (Å²) in [6.45, 7) is 10.8. The van der Waals surface area contributed by atoms with Crippen LogP contribution in [0.3, 0.4) is 0 Å². The molecule has 0 N–H and O–H groups in total. The molecule has 0 fully saturated rings. The van der Waals surface area contributed by atoms with E-state index in [2.05, 4.69) is 18.9 Å². The van der Waals surface area contributed by atoms with Gasteiger partial charge in [0, 0.05) is 6.20 Å². The van der Waals surface area contributed by atoms with Crippen LogP contribution in [0.4, 0.5) is 0 Å². The zero-order chi connectivity index (χ0) is 13.1. The molecule has 0 spiro atoms. The van der Waals surface area contributed by atoms with Crippen LogP contribution in [0.2, 0.25) is 0 Å². The number of ether oxygens (including phenoxy) is 1. The van der Waals surface area contributed by atoms with Crippen molar-refractivity contribution >= 4 is 5.97 Å². The third kappa shape index (κ3) is 3.58. The van der Waals surface area contributed by atoms with Gasteiger partial charge in [-0.25, -0.2) is 0 Å². The summed E-state index contributed by atoms with van der Waals surface area (Å²) >= 11 is 0. The van der Waals surface area contributed by atoms with Crippen molar-refractivity contribution in [2.45, 2.75) is 47.1 Å². The third-order valence-corrected chi connectivity index (χ3v) is 2.71. The Labute approximate surface area is 103 Å². The highest BCUT2D eigenvalue weighted by Gasteiger charge is 2.30. The van der Waals surface area contributed by atoms with Gasteiger partial charge in [0.25, 0.3) is 0 Å². The van der Waals surface area contributed by atoms with Gasteiger partial charge in [-0.3, -0.25) is 9.48 Å². The summed E-state index contributed by atoms with van der Waals surface area (Å²) in [5.74, 6) is 0.274. The highest BCUT2D eigenvalue weighted by atomic mass is 16.5. The number of carbonyl (C=O) groups excluding carboxylic acids is 1. The summed E-state index contributed by atoms with van der Waals surface area (Å²) in [6.07, 6.45) is 3.84. The molecule has 96 valence electrons. The number of aromatic nitrogens is 2. The molecule has 0 aliphatic heterocycles. The van der Waals surface area contributed by atoms with Gasteiger partial charge in [-0.05, 0) is 32.3 Å². The highest BCUT2D eigenvalue weighted by Crippen LogP contribution is 2.21. The van der Waals surface area contributed by atoms with Crippen molar-refractivity contribution in [2.24, 2.45) is 5.41 Å². The van der Waals surface area contributed by atoms with Crippen LogP contribution >= 0.6 is 0 Å². The summed E-state index contributed by atoms with van der Waals surface area (Å²) in [6, 6.07) is 0. The average molecular weight is 238 g/mol. The molecule has 0 atom stereocenters. The lowest BCUT2D eigenvalue weighted by atomic mass is 9.94. The minimum absolute atomic E-state index is 0.179. The lowest BCUT2D eigenvalue weighted by Crippen LogP contribution is -2.31. The van der Waals surface area contributed by atoms with Gasteiger partial charge in [-0.2, -0.15) is 5.10 Å². The largest absolute Gasteiger partial charge is 0.466 e. The van der Waals surface area contributed by atoms with Crippen molar-refractivity contribution in [1.82, 2.24) is 9.78 Å². The first-order valence-electron chi connectivity index (χ1n) is 6.06. The summed E-state index contributed by atoms with van der Waals surface area (Å²) in [5, 5.41) is 4.27. The van der Waals surface area contributed by atoms with Crippen LogP contribution in [0.25, 0.3) is 0 Å². The van der Waals surface area contributed by atoms with Crippen molar-refractivity contribution in [3.8, 4) is 0 Å². The van der Waals surface area contributed by atoms with Gasteiger partial charge >= 0.3 is 5.97 Å². The molecule has 0 amide bonds. The fourth-order valence-corrected chi connectivity index (χ4v) is 1.56. The number of rotatable bonds is 5. The summed E-state index contributed by atoms with van der Waals surface area (Å²) in [4.78, 5) is 11.7. The van der Waals surface area contributed by atoms with Crippen LogP contribution in [0, 0.1) is 5.41 Å². The third-order valence-electron chi connectivity index (χ3n) is 2.71. The van der Waals surface area contributed by atoms with Crippen molar-refractivity contribution in [2.75, 3.05) is 6.61 Å². The van der Waals surface area contributed by atoms with Gasteiger partial charge in [0.15, 0.2) is 0 Å². The van der Waals surface area contributed by atoms with Crippen LogP contribution in [0.1, 0.15) is 46.1 Å². The van der Waals surface area contributed by atoms with Gasteiger partial charge in [0.05, 0.1) is 24.8 Å². The van der Waals surface area contributed by atoms with E-state index in [0.717, 1.165) is 0 Å². The molecule has 0 radical (unpaired) electrons. The number of esters is 1. The topological polar surface area (TPSA) is 44.1 Å². The second-order valence-electron chi connectivity index (χ2n) is 5.23. The summed E-state index contributed by atoms with van der Waals surface area (Å²) in [5.41, 5.74) is 0.640. The zero-order valence-corrected chi connectivity index (χ0v) is 11.4. The van der Waals surface area contributed by atoms with E-state index in [9.17, 15) is 4.79 Å². The first-order chi connectivity index (χ1) is 7.86. The van der Waals surface area contributed by atoms with Gasteiger partial charge in [-0.15, -0.1) is 0 Å². The Kier molecular flexibility index (Phi) is 4.32. The predicted octanol–water partition coefficient (Wildman–Crippen LogP) is 2.60. The van der Waals surface area contributed by atoms with E-state index in [4.69, 9.17) is 4.74 Å². The average Bonchev–Trinajstić information content (AvgIpc) is 2.66. The second-order valence-corrected chi connectivity index (χ2v) is 5.23. The van der Waals surface area contributed by atoms with E-state index < -0.39 is 5.41 Å². The number of hydrogen-bond donors (Lipinski definition) is 0. The van der Waals surface area contributed by atoms with E-state index in [0.29, 0.717) is 19.1 Å². The fraction of sp³-hybridized carbons (Fsp3) is 0.692. The standard InChI is InChI=1S/C13H22N2O2/c1-6-17-12(16)13(4,5)9-15-8-11(7-14-15)10(2)3/h7-8,10H,6,9H2,1-5H3. The Morgan fingerprint density at radius 2 is 2.18 bits per heavy atom. The SMILES string of the molecule is CCOC(=O)C(C)(C)Cn1cc(C(C)C)cn1. The molecule has 17 heavy (non-hydrogen) atoms. The molecule has 0 aromatic carbocycles. The molecule has 0 saturated carbocycles. The maximum atomic E-state index is 11.7. The Balaban J connectivity index is 2.72. The normalized spacial score (nSPS) is 11.9. The molecule has 0 unspecified atom stereocenters.